The van der Waals surface area contributed by atoms with Crippen LogP contribution in [0.2, 0.25) is 0 Å². The molecule has 1 saturated heterocycles. The third kappa shape index (κ3) is 2.66. The molecule has 2 aliphatic rings. The van der Waals surface area contributed by atoms with E-state index in [1.54, 1.807) is 0 Å². The summed E-state index contributed by atoms with van der Waals surface area (Å²) in [6.45, 7) is 2.79. The number of piperazine rings is 1. The van der Waals surface area contributed by atoms with E-state index in [4.69, 9.17) is 4.74 Å². The number of amides is 1. The highest BCUT2D eigenvalue weighted by Crippen LogP contribution is 2.29. The van der Waals surface area contributed by atoms with Crippen molar-refractivity contribution in [3.8, 4) is 0 Å². The smallest absolute Gasteiger partial charge is 0.307 e. The molecule has 0 radical (unpaired) electrons. The minimum absolute atomic E-state index is 0.0367. The summed E-state index contributed by atoms with van der Waals surface area (Å²) in [7, 11) is 1.37. The van der Waals surface area contributed by atoms with Gasteiger partial charge in [0.1, 0.15) is 6.04 Å². The summed E-state index contributed by atoms with van der Waals surface area (Å²) in [6, 6.07) is 0.380. The molecule has 0 spiro atoms. The van der Waals surface area contributed by atoms with Crippen molar-refractivity contribution < 1.29 is 14.3 Å². The van der Waals surface area contributed by atoms with Gasteiger partial charge >= 0.3 is 5.97 Å². The molecule has 0 aromatic heterocycles. The van der Waals surface area contributed by atoms with Crippen LogP contribution in [0.5, 0.6) is 0 Å². The summed E-state index contributed by atoms with van der Waals surface area (Å²) in [4.78, 5) is 25.7. The zero-order chi connectivity index (χ0) is 13.1. The van der Waals surface area contributed by atoms with E-state index < -0.39 is 0 Å². The minimum Gasteiger partial charge on any atom is -0.469 e. The van der Waals surface area contributed by atoms with Crippen LogP contribution in [0.4, 0.5) is 0 Å². The van der Waals surface area contributed by atoms with Gasteiger partial charge in [0, 0.05) is 18.6 Å². The third-order valence-corrected chi connectivity index (χ3v) is 4.08. The molecular formula is C13H22N2O3. The summed E-state index contributed by atoms with van der Waals surface area (Å²) in [5, 5.41) is 2.88. The van der Waals surface area contributed by atoms with Gasteiger partial charge < -0.3 is 10.1 Å². The lowest BCUT2D eigenvalue weighted by molar-refractivity contribution is -0.147. The Kier molecular flexibility index (Phi) is 4.22. The van der Waals surface area contributed by atoms with Crippen LogP contribution in [0, 0.1) is 0 Å². The number of hydrogen-bond acceptors (Lipinski definition) is 4. The largest absolute Gasteiger partial charge is 0.469 e. The van der Waals surface area contributed by atoms with Gasteiger partial charge in [-0.25, -0.2) is 0 Å². The van der Waals surface area contributed by atoms with Gasteiger partial charge in [0.25, 0.3) is 0 Å². The van der Waals surface area contributed by atoms with Gasteiger partial charge in [-0.3, -0.25) is 14.5 Å². The lowest BCUT2D eigenvalue weighted by Crippen LogP contribution is -2.62. The Labute approximate surface area is 108 Å². The number of ether oxygens (including phenoxy) is 1. The van der Waals surface area contributed by atoms with Gasteiger partial charge in [0.2, 0.25) is 5.91 Å². The molecule has 18 heavy (non-hydrogen) atoms. The Balaban J connectivity index is 2.12. The van der Waals surface area contributed by atoms with Gasteiger partial charge in [0.05, 0.1) is 13.5 Å². The summed E-state index contributed by atoms with van der Waals surface area (Å²) in [5.74, 6) is -0.349. The summed E-state index contributed by atoms with van der Waals surface area (Å²) >= 11 is 0. The molecule has 1 aliphatic carbocycles. The van der Waals surface area contributed by atoms with Crippen LogP contribution in [0.1, 0.15) is 39.0 Å². The van der Waals surface area contributed by atoms with Crippen molar-refractivity contribution in [3.63, 3.8) is 0 Å². The second kappa shape index (κ2) is 5.69. The lowest BCUT2D eigenvalue weighted by Gasteiger charge is -2.43. The number of nitrogens with one attached hydrogen (secondary N) is 1. The lowest BCUT2D eigenvalue weighted by atomic mass is 10.0. The molecule has 1 N–H and O–H groups in total. The molecule has 1 amide bonds. The minimum atomic E-state index is -0.357. The first-order valence-corrected chi connectivity index (χ1v) is 6.75. The predicted octanol–water partition coefficient (Wildman–Crippen LogP) is 0.681. The highest BCUT2D eigenvalue weighted by molar-refractivity contribution is 5.87. The number of hydrogen-bond donors (Lipinski definition) is 1. The zero-order valence-electron chi connectivity index (χ0n) is 11.1. The molecular weight excluding hydrogens is 232 g/mol. The number of nitrogens with zero attached hydrogens (tertiary/aromatic N) is 1. The first-order chi connectivity index (χ1) is 8.63. The normalized spacial score (nSPS) is 30.2. The molecule has 1 heterocycles. The molecule has 2 fully saturated rings. The molecule has 0 bridgehead atoms. The third-order valence-electron chi connectivity index (χ3n) is 4.08. The Hall–Kier alpha value is -1.10. The average molecular weight is 254 g/mol. The molecule has 1 saturated carbocycles. The maximum Gasteiger partial charge on any atom is 0.307 e. The number of carbonyl (C=O) groups excluding carboxylic acids is 2. The highest BCUT2D eigenvalue weighted by Gasteiger charge is 2.40. The van der Waals surface area contributed by atoms with Crippen LogP contribution in [0.15, 0.2) is 0 Å². The van der Waals surface area contributed by atoms with Gasteiger partial charge in [-0.1, -0.05) is 12.8 Å². The van der Waals surface area contributed by atoms with E-state index in [0.29, 0.717) is 18.6 Å². The van der Waals surface area contributed by atoms with E-state index in [2.05, 4.69) is 17.1 Å². The van der Waals surface area contributed by atoms with E-state index in [9.17, 15) is 9.59 Å². The maximum absolute atomic E-state index is 12.0. The quantitative estimate of drug-likeness (QED) is 0.753. The second-order valence-electron chi connectivity index (χ2n) is 5.28. The maximum atomic E-state index is 12.0. The fourth-order valence-electron chi connectivity index (χ4n) is 3.17. The summed E-state index contributed by atoms with van der Waals surface area (Å²) in [6.07, 6.45) is 4.87. The van der Waals surface area contributed by atoms with E-state index in [-0.39, 0.29) is 24.3 Å². The number of methoxy groups -OCH3 is 1. The Morgan fingerprint density at radius 2 is 2.11 bits per heavy atom. The molecule has 0 aromatic rings. The van der Waals surface area contributed by atoms with Crippen molar-refractivity contribution >= 4 is 11.9 Å². The summed E-state index contributed by atoms with van der Waals surface area (Å²) < 4.78 is 4.70. The van der Waals surface area contributed by atoms with Crippen LogP contribution in [-0.4, -0.2) is 48.6 Å². The highest BCUT2D eigenvalue weighted by atomic mass is 16.5. The van der Waals surface area contributed by atoms with Crippen molar-refractivity contribution in [1.82, 2.24) is 10.2 Å². The van der Waals surface area contributed by atoms with Crippen LogP contribution >= 0.6 is 0 Å². The fraction of sp³-hybridized carbons (Fsp3) is 0.846. The standard InChI is InChI=1S/C13H22N2O3/c1-9-8-14-13(17)11(7-12(16)18-2)15(9)10-5-3-4-6-10/h9-11H,3-8H2,1-2H3,(H,14,17). The first kappa shape index (κ1) is 13.3. The van der Waals surface area contributed by atoms with E-state index in [1.807, 2.05) is 0 Å². The molecule has 1 aliphatic heterocycles. The zero-order valence-corrected chi connectivity index (χ0v) is 11.1. The molecule has 102 valence electrons. The van der Waals surface area contributed by atoms with Crippen molar-refractivity contribution in [3.05, 3.63) is 0 Å². The van der Waals surface area contributed by atoms with E-state index >= 15 is 0 Å². The van der Waals surface area contributed by atoms with Crippen LogP contribution < -0.4 is 5.32 Å². The average Bonchev–Trinajstić information content (AvgIpc) is 2.87. The molecule has 5 nitrogen and oxygen atoms in total. The van der Waals surface area contributed by atoms with Gasteiger partial charge in [-0.05, 0) is 19.8 Å². The second-order valence-corrected chi connectivity index (χ2v) is 5.28. The van der Waals surface area contributed by atoms with Gasteiger partial charge in [-0.15, -0.1) is 0 Å². The van der Waals surface area contributed by atoms with Crippen molar-refractivity contribution in [2.45, 2.75) is 57.2 Å². The first-order valence-electron chi connectivity index (χ1n) is 6.75. The van der Waals surface area contributed by atoms with E-state index in [1.165, 1.54) is 20.0 Å². The number of carbonyl (C=O) groups is 2. The Bertz CT molecular complexity index is 326. The molecule has 2 unspecified atom stereocenters. The van der Waals surface area contributed by atoms with Crippen molar-refractivity contribution in [2.24, 2.45) is 0 Å². The molecule has 5 heteroatoms. The predicted molar refractivity (Wildman–Crippen MR) is 67.0 cm³/mol. The van der Waals surface area contributed by atoms with Crippen molar-refractivity contribution in [1.29, 1.82) is 0 Å². The number of rotatable bonds is 3. The monoisotopic (exact) mass is 254 g/mol. The van der Waals surface area contributed by atoms with Crippen LogP contribution in [-0.2, 0) is 14.3 Å². The van der Waals surface area contributed by atoms with E-state index in [0.717, 1.165) is 12.8 Å². The fourth-order valence-corrected chi connectivity index (χ4v) is 3.17. The van der Waals surface area contributed by atoms with Gasteiger partial charge in [0.15, 0.2) is 0 Å². The molecule has 2 rings (SSSR count). The van der Waals surface area contributed by atoms with Crippen LogP contribution in [0.3, 0.4) is 0 Å². The Morgan fingerprint density at radius 1 is 1.44 bits per heavy atom. The van der Waals surface area contributed by atoms with Crippen LogP contribution in [0.25, 0.3) is 0 Å². The topological polar surface area (TPSA) is 58.6 Å². The SMILES string of the molecule is COC(=O)CC1C(=O)NCC(C)N1C1CCCC1. The molecule has 2 atom stereocenters. The Morgan fingerprint density at radius 3 is 2.72 bits per heavy atom. The summed E-state index contributed by atoms with van der Waals surface area (Å²) in [5.41, 5.74) is 0. The number of esters is 1. The molecule has 0 aromatic carbocycles. The van der Waals surface area contributed by atoms with Gasteiger partial charge in [-0.2, -0.15) is 0 Å². The van der Waals surface area contributed by atoms with Crippen molar-refractivity contribution in [2.75, 3.05) is 13.7 Å².